The minimum Gasteiger partial charge on any atom is -0.496 e. The maximum atomic E-state index is 14.2. The predicted molar refractivity (Wildman–Crippen MR) is 133 cm³/mol. The van der Waals surface area contributed by atoms with E-state index in [9.17, 15) is 8.60 Å². The van der Waals surface area contributed by atoms with Gasteiger partial charge in [-0.3, -0.25) is 0 Å². The van der Waals surface area contributed by atoms with Crippen LogP contribution in [0.5, 0.6) is 11.5 Å². The van der Waals surface area contributed by atoms with Gasteiger partial charge in [0.15, 0.2) is 6.10 Å². The van der Waals surface area contributed by atoms with Gasteiger partial charge in [0.25, 0.3) is 0 Å². The van der Waals surface area contributed by atoms with Gasteiger partial charge in [-0.1, -0.05) is 0 Å². The quantitative estimate of drug-likeness (QED) is 0.502. The molecular weight excluding hydrogens is 491 g/mol. The highest BCUT2D eigenvalue weighted by molar-refractivity contribution is 7.92. The number of ether oxygens (including phenoxy) is 5. The number of hydrogen-bond donors (Lipinski definition) is 1. The van der Waals surface area contributed by atoms with Gasteiger partial charge < -0.3 is 29.0 Å². The maximum Gasteiger partial charge on any atom is 0.151 e. The molecule has 1 N–H and O–H groups in total. The molecule has 2 aromatic carbocycles. The Hall–Kier alpha value is -3.06. The Morgan fingerprint density at radius 2 is 1.81 bits per heavy atom. The van der Waals surface area contributed by atoms with Crippen molar-refractivity contribution in [3.63, 3.8) is 0 Å². The van der Waals surface area contributed by atoms with Crippen molar-refractivity contribution in [3.05, 3.63) is 42.5 Å². The molecule has 2 aliphatic heterocycles. The molecule has 3 aromatic rings. The van der Waals surface area contributed by atoms with Crippen molar-refractivity contribution >= 4 is 37.8 Å². The van der Waals surface area contributed by atoms with E-state index in [-0.39, 0.29) is 24.1 Å². The van der Waals surface area contributed by atoms with Crippen molar-refractivity contribution in [2.75, 3.05) is 45.3 Å². The van der Waals surface area contributed by atoms with Crippen LogP contribution >= 0.6 is 0 Å². The van der Waals surface area contributed by atoms with Crippen LogP contribution < -0.4 is 14.8 Å². The summed E-state index contributed by atoms with van der Waals surface area (Å²) in [6.45, 7) is 0.700. The largest absolute Gasteiger partial charge is 0.496 e. The van der Waals surface area contributed by atoms with Crippen molar-refractivity contribution < 1.29 is 32.3 Å². The molecule has 2 fully saturated rings. The second-order valence-electron chi connectivity index (χ2n) is 8.83. The third-order valence-electron chi connectivity index (χ3n) is 5.97. The lowest BCUT2D eigenvalue weighted by molar-refractivity contribution is -0.0138. The molecule has 0 bridgehead atoms. The fourth-order valence-electron chi connectivity index (χ4n) is 4.42. The van der Waals surface area contributed by atoms with Crippen molar-refractivity contribution in [1.82, 2.24) is 9.97 Å². The first kappa shape index (κ1) is 24.6. The van der Waals surface area contributed by atoms with Gasteiger partial charge in [-0.2, -0.15) is 4.36 Å². The number of nitrogens with zero attached hydrogens (tertiary/aromatic N) is 3. The van der Waals surface area contributed by atoms with E-state index < -0.39 is 21.7 Å². The van der Waals surface area contributed by atoms with Gasteiger partial charge in [-0.15, -0.1) is 0 Å². The summed E-state index contributed by atoms with van der Waals surface area (Å²) in [4.78, 5) is 8.71. The predicted octanol–water partition coefficient (Wildman–Crippen LogP) is 3.44. The van der Waals surface area contributed by atoms with E-state index in [2.05, 4.69) is 19.6 Å². The van der Waals surface area contributed by atoms with Crippen LogP contribution in [0, 0.1) is 5.82 Å². The van der Waals surface area contributed by atoms with E-state index in [0.29, 0.717) is 47.1 Å². The summed E-state index contributed by atoms with van der Waals surface area (Å²) in [7, 11) is 0.748. The number of halogens is 1. The summed E-state index contributed by atoms with van der Waals surface area (Å²) in [5, 5.41) is 3.81. The van der Waals surface area contributed by atoms with E-state index >= 15 is 0 Å². The highest BCUT2D eigenvalue weighted by Crippen LogP contribution is 2.39. The van der Waals surface area contributed by atoms with Crippen LogP contribution in [0.1, 0.15) is 0 Å². The zero-order valence-electron chi connectivity index (χ0n) is 20.3. The number of aromatic nitrogens is 2. The van der Waals surface area contributed by atoms with Crippen LogP contribution in [0.2, 0.25) is 0 Å². The van der Waals surface area contributed by atoms with Gasteiger partial charge in [0.05, 0.1) is 42.6 Å². The Morgan fingerprint density at radius 1 is 1.06 bits per heavy atom. The molecule has 0 unspecified atom stereocenters. The lowest BCUT2D eigenvalue weighted by Gasteiger charge is -2.21. The molecule has 0 spiro atoms. The molecule has 4 atom stereocenters. The van der Waals surface area contributed by atoms with Crippen molar-refractivity contribution in [3.8, 4) is 11.5 Å². The van der Waals surface area contributed by atoms with Crippen LogP contribution in [-0.4, -0.2) is 78.5 Å². The van der Waals surface area contributed by atoms with Gasteiger partial charge in [-0.25, -0.2) is 18.6 Å². The molecule has 0 aliphatic carbocycles. The molecule has 12 heteroatoms. The molecule has 0 amide bonds. The summed E-state index contributed by atoms with van der Waals surface area (Å²) in [5.74, 6) is 0.695. The van der Waals surface area contributed by atoms with Crippen molar-refractivity contribution in [2.45, 2.75) is 24.4 Å². The molecule has 1 aromatic heterocycles. The van der Waals surface area contributed by atoms with Crippen molar-refractivity contribution in [1.29, 1.82) is 0 Å². The fourth-order valence-corrected chi connectivity index (χ4v) is 5.04. The van der Waals surface area contributed by atoms with Gasteiger partial charge >= 0.3 is 0 Å². The Kier molecular flexibility index (Phi) is 6.68. The SMILES string of the molecule is COc1cc(N=S(C)(C)=O)cc2ncnc(Nc3ccc(F)cc3O[C@@H]3CO[C@H]4[C@@H]3OC[C@H]4OC)c12. The number of nitrogens with one attached hydrogen (secondary N) is 1. The average molecular weight is 519 g/mol. The van der Waals surface area contributed by atoms with Gasteiger partial charge in [-0.05, 0) is 18.2 Å². The smallest absolute Gasteiger partial charge is 0.151 e. The zero-order chi connectivity index (χ0) is 25.4. The summed E-state index contributed by atoms with van der Waals surface area (Å²) in [5.41, 5.74) is 1.50. The topological polar surface area (TPSA) is 113 Å². The normalized spacial score (nSPS) is 23.5. The van der Waals surface area contributed by atoms with Crippen LogP contribution in [0.25, 0.3) is 10.9 Å². The highest BCUT2D eigenvalue weighted by atomic mass is 32.2. The second kappa shape index (κ2) is 9.77. The maximum absolute atomic E-state index is 14.2. The molecule has 5 rings (SSSR count). The number of methoxy groups -OCH3 is 2. The number of anilines is 2. The minimum atomic E-state index is -2.38. The summed E-state index contributed by atoms with van der Waals surface area (Å²) < 4.78 is 59.5. The summed E-state index contributed by atoms with van der Waals surface area (Å²) >= 11 is 0. The Morgan fingerprint density at radius 3 is 2.53 bits per heavy atom. The number of benzene rings is 2. The Bertz CT molecular complexity index is 1400. The van der Waals surface area contributed by atoms with E-state index in [0.717, 1.165) is 0 Å². The van der Waals surface area contributed by atoms with E-state index in [4.69, 9.17) is 23.7 Å². The molecule has 3 heterocycles. The lowest BCUT2D eigenvalue weighted by Crippen LogP contribution is -2.35. The molecule has 36 heavy (non-hydrogen) atoms. The highest BCUT2D eigenvalue weighted by Gasteiger charge is 2.49. The van der Waals surface area contributed by atoms with E-state index in [1.807, 2.05) is 0 Å². The minimum absolute atomic E-state index is 0.168. The van der Waals surface area contributed by atoms with Gasteiger partial charge in [0, 0.05) is 41.5 Å². The molecule has 2 saturated heterocycles. The lowest BCUT2D eigenvalue weighted by atomic mass is 10.1. The Balaban J connectivity index is 1.48. The molecule has 0 saturated carbocycles. The zero-order valence-corrected chi connectivity index (χ0v) is 21.1. The number of hydrogen-bond acceptors (Lipinski definition) is 10. The monoisotopic (exact) mass is 518 g/mol. The summed E-state index contributed by atoms with van der Waals surface area (Å²) in [6.07, 6.45) is 3.34. The van der Waals surface area contributed by atoms with E-state index in [1.54, 1.807) is 37.8 Å². The number of fused-ring (bicyclic) bond motifs is 2. The van der Waals surface area contributed by atoms with Crippen LogP contribution in [0.15, 0.2) is 41.0 Å². The average Bonchev–Trinajstić information content (AvgIpc) is 3.42. The second-order valence-corrected chi connectivity index (χ2v) is 11.4. The van der Waals surface area contributed by atoms with Crippen molar-refractivity contribution in [2.24, 2.45) is 4.36 Å². The fraction of sp³-hybridized carbons (Fsp3) is 0.417. The molecule has 0 radical (unpaired) electrons. The molecular formula is C24H27FN4O6S. The third kappa shape index (κ3) is 4.94. The van der Waals surface area contributed by atoms with Crippen LogP contribution in [0.4, 0.5) is 21.6 Å². The van der Waals surface area contributed by atoms with Crippen LogP contribution in [-0.2, 0) is 23.9 Å². The third-order valence-corrected chi connectivity index (χ3v) is 6.62. The van der Waals surface area contributed by atoms with E-state index in [1.165, 1.54) is 25.6 Å². The van der Waals surface area contributed by atoms with Crippen LogP contribution in [0.3, 0.4) is 0 Å². The molecule has 10 nitrogen and oxygen atoms in total. The standard InChI is InChI=1S/C24H27FN4O6S/c1-31-18-9-14(29-36(3,4)30)8-16-21(18)24(27-12-26-16)28-15-6-5-13(25)7-17(15)35-20-11-34-22-19(32-2)10-33-23(20)22/h5-9,12,19-20,22-23H,10-11H2,1-4H3,(H,26,27,28)/t19-,20-,22-,23-/m1/s1. The number of rotatable bonds is 7. The Labute approximate surface area is 208 Å². The van der Waals surface area contributed by atoms with Gasteiger partial charge in [0.2, 0.25) is 0 Å². The molecule has 192 valence electrons. The first-order valence-corrected chi connectivity index (χ1v) is 13.6. The first-order chi connectivity index (χ1) is 17.3. The first-order valence-electron chi connectivity index (χ1n) is 11.2. The summed E-state index contributed by atoms with van der Waals surface area (Å²) in [6, 6.07) is 7.57. The van der Waals surface area contributed by atoms with Gasteiger partial charge in [0.1, 0.15) is 47.8 Å². The molecule has 2 aliphatic rings.